The number of nitro benzene ring substituents is 1. The number of amides is 1. The summed E-state index contributed by atoms with van der Waals surface area (Å²) in [5.41, 5.74) is 2.90. The van der Waals surface area contributed by atoms with E-state index in [1.54, 1.807) is 18.2 Å². The van der Waals surface area contributed by atoms with Gasteiger partial charge < -0.3 is 14.4 Å². The third kappa shape index (κ3) is 4.95. The van der Waals surface area contributed by atoms with Crippen LogP contribution in [0.25, 0.3) is 0 Å². The predicted octanol–water partition coefficient (Wildman–Crippen LogP) is 3.65. The Morgan fingerprint density at radius 3 is 2.57 bits per heavy atom. The van der Waals surface area contributed by atoms with Crippen LogP contribution in [-0.4, -0.2) is 57.2 Å². The van der Waals surface area contributed by atoms with Crippen molar-refractivity contribution >= 4 is 29.0 Å². The van der Waals surface area contributed by atoms with E-state index < -0.39 is 0 Å². The Morgan fingerprint density at radius 1 is 1.20 bits per heavy atom. The summed E-state index contributed by atoms with van der Waals surface area (Å²) >= 11 is 1.50. The highest BCUT2D eigenvalue weighted by molar-refractivity contribution is 7.99. The fraction of sp³-hybridized carbons (Fsp3) is 0.524. The minimum atomic E-state index is -0.353. The van der Waals surface area contributed by atoms with Crippen molar-refractivity contribution in [1.29, 1.82) is 0 Å². The van der Waals surface area contributed by atoms with E-state index in [1.807, 2.05) is 16.7 Å². The quantitative estimate of drug-likeness (QED) is 0.360. The number of piperazine rings is 1. The van der Waals surface area contributed by atoms with Gasteiger partial charge in [0.15, 0.2) is 5.16 Å². The summed E-state index contributed by atoms with van der Waals surface area (Å²) in [6.07, 6.45) is 2.20. The topological polar surface area (TPSA) is 84.5 Å². The molecule has 0 saturated carbocycles. The fourth-order valence-corrected chi connectivity index (χ4v) is 4.63. The molecule has 9 heteroatoms. The summed E-state index contributed by atoms with van der Waals surface area (Å²) in [4.78, 5) is 32.1. The van der Waals surface area contributed by atoms with Crippen molar-refractivity contribution in [2.24, 2.45) is 0 Å². The molecular weight excluding hydrogens is 402 g/mol. The van der Waals surface area contributed by atoms with Crippen LogP contribution in [0.2, 0.25) is 0 Å². The molecule has 1 aromatic heterocycles. The van der Waals surface area contributed by atoms with Crippen molar-refractivity contribution in [1.82, 2.24) is 14.5 Å². The average Bonchev–Trinajstić information content (AvgIpc) is 3.03. The number of benzene rings is 1. The molecule has 30 heavy (non-hydrogen) atoms. The minimum absolute atomic E-state index is 0.0857. The van der Waals surface area contributed by atoms with E-state index in [-0.39, 0.29) is 16.5 Å². The van der Waals surface area contributed by atoms with Crippen molar-refractivity contribution in [3.63, 3.8) is 0 Å². The summed E-state index contributed by atoms with van der Waals surface area (Å²) in [5, 5.41) is 12.2. The summed E-state index contributed by atoms with van der Waals surface area (Å²) in [6, 6.07) is 6.77. The monoisotopic (exact) mass is 431 g/mol. The van der Waals surface area contributed by atoms with Gasteiger partial charge in [-0.25, -0.2) is 4.98 Å². The van der Waals surface area contributed by atoms with Crippen LogP contribution in [0.15, 0.2) is 29.4 Å². The van der Waals surface area contributed by atoms with E-state index in [9.17, 15) is 14.9 Å². The zero-order chi connectivity index (χ0) is 21.7. The number of hydrogen-bond donors (Lipinski definition) is 0. The van der Waals surface area contributed by atoms with E-state index >= 15 is 0 Å². The van der Waals surface area contributed by atoms with Gasteiger partial charge in [-0.3, -0.25) is 14.9 Å². The average molecular weight is 432 g/mol. The van der Waals surface area contributed by atoms with Crippen LogP contribution in [0.1, 0.15) is 31.2 Å². The number of aromatic nitrogens is 2. The molecule has 0 aliphatic carbocycles. The molecule has 0 N–H and O–H groups in total. The van der Waals surface area contributed by atoms with Crippen molar-refractivity contribution < 1.29 is 9.72 Å². The molecule has 1 aromatic carbocycles. The number of thioether (sulfide) groups is 1. The second kappa shape index (κ2) is 9.97. The first-order valence-corrected chi connectivity index (χ1v) is 11.3. The van der Waals surface area contributed by atoms with Crippen LogP contribution < -0.4 is 4.90 Å². The zero-order valence-electron chi connectivity index (χ0n) is 17.8. The Balaban J connectivity index is 1.57. The largest absolute Gasteiger partial charge is 0.362 e. The van der Waals surface area contributed by atoms with Crippen molar-refractivity contribution in [3.05, 3.63) is 45.8 Å². The number of carbonyl (C=O) groups excluding carboxylic acids is 1. The Morgan fingerprint density at radius 2 is 1.90 bits per heavy atom. The highest BCUT2D eigenvalue weighted by Crippen LogP contribution is 2.28. The standard InChI is InChI=1S/C21H29N5O3S/c1-4-5-10-25-17(3)16(2)22-21(25)30-15-20(27)24-13-11-23(12-14-24)18-8-6-7-9-19(18)26(28)29/h6-9H,4-5,10-15H2,1-3H3. The smallest absolute Gasteiger partial charge is 0.292 e. The SMILES string of the molecule is CCCCn1c(SCC(=O)N2CCN(c3ccccc3[N+](=O)[O-])CC2)nc(C)c1C. The lowest BCUT2D eigenvalue weighted by Gasteiger charge is -2.35. The predicted molar refractivity (Wildman–Crippen MR) is 119 cm³/mol. The van der Waals surface area contributed by atoms with Gasteiger partial charge in [-0.05, 0) is 26.3 Å². The maximum Gasteiger partial charge on any atom is 0.292 e. The maximum absolute atomic E-state index is 12.7. The lowest BCUT2D eigenvalue weighted by Crippen LogP contribution is -2.49. The van der Waals surface area contributed by atoms with Gasteiger partial charge in [0.05, 0.1) is 16.4 Å². The third-order valence-corrected chi connectivity index (χ3v) is 6.50. The van der Waals surface area contributed by atoms with Gasteiger partial charge in [0.2, 0.25) is 5.91 Å². The van der Waals surface area contributed by atoms with Gasteiger partial charge in [-0.15, -0.1) is 0 Å². The molecule has 0 spiro atoms. The third-order valence-electron chi connectivity index (χ3n) is 5.53. The lowest BCUT2D eigenvalue weighted by atomic mass is 10.2. The van der Waals surface area contributed by atoms with Crippen LogP contribution >= 0.6 is 11.8 Å². The first-order valence-electron chi connectivity index (χ1n) is 10.3. The number of aryl methyl sites for hydroxylation is 1. The van der Waals surface area contributed by atoms with E-state index in [4.69, 9.17) is 0 Å². The lowest BCUT2D eigenvalue weighted by molar-refractivity contribution is -0.384. The molecule has 0 bridgehead atoms. The molecule has 162 valence electrons. The van der Waals surface area contributed by atoms with Crippen LogP contribution in [0, 0.1) is 24.0 Å². The van der Waals surface area contributed by atoms with E-state index in [2.05, 4.69) is 23.4 Å². The molecule has 1 amide bonds. The van der Waals surface area contributed by atoms with E-state index in [0.717, 1.165) is 35.9 Å². The number of para-hydroxylation sites is 2. The fourth-order valence-electron chi connectivity index (χ4n) is 3.61. The molecule has 0 unspecified atom stereocenters. The van der Waals surface area contributed by atoms with Gasteiger partial charge in [0.1, 0.15) is 5.69 Å². The molecular formula is C21H29N5O3S. The van der Waals surface area contributed by atoms with Gasteiger partial charge >= 0.3 is 0 Å². The number of unbranched alkanes of at least 4 members (excludes halogenated alkanes) is 1. The van der Waals surface area contributed by atoms with Crippen LogP contribution in [-0.2, 0) is 11.3 Å². The molecule has 3 rings (SSSR count). The number of nitro groups is 1. The number of nitrogens with zero attached hydrogens (tertiary/aromatic N) is 5. The van der Waals surface area contributed by atoms with Crippen LogP contribution in [0.4, 0.5) is 11.4 Å². The number of rotatable bonds is 8. The van der Waals surface area contributed by atoms with Gasteiger partial charge in [0.25, 0.3) is 5.69 Å². The Bertz CT molecular complexity index is 906. The van der Waals surface area contributed by atoms with Crippen molar-refractivity contribution in [2.75, 3.05) is 36.8 Å². The molecule has 1 aliphatic heterocycles. The Labute approximate surface area is 181 Å². The second-order valence-corrected chi connectivity index (χ2v) is 8.42. The van der Waals surface area contributed by atoms with Gasteiger partial charge in [-0.1, -0.05) is 37.2 Å². The van der Waals surface area contributed by atoms with Crippen LogP contribution in [0.3, 0.4) is 0 Å². The zero-order valence-corrected chi connectivity index (χ0v) is 18.7. The maximum atomic E-state index is 12.7. The summed E-state index contributed by atoms with van der Waals surface area (Å²) < 4.78 is 2.21. The van der Waals surface area contributed by atoms with Crippen LogP contribution in [0.5, 0.6) is 0 Å². The Hall–Kier alpha value is -2.55. The van der Waals surface area contributed by atoms with Gasteiger partial charge in [-0.2, -0.15) is 0 Å². The van der Waals surface area contributed by atoms with Gasteiger partial charge in [0, 0.05) is 44.5 Å². The number of imidazole rings is 1. The number of hydrogen-bond acceptors (Lipinski definition) is 6. The van der Waals surface area contributed by atoms with Crippen molar-refractivity contribution in [2.45, 2.75) is 45.3 Å². The molecule has 0 atom stereocenters. The molecule has 1 aliphatic rings. The minimum Gasteiger partial charge on any atom is -0.362 e. The molecule has 1 fully saturated rings. The Kier molecular flexibility index (Phi) is 7.36. The summed E-state index contributed by atoms with van der Waals surface area (Å²) in [6.45, 7) is 9.47. The van der Waals surface area contributed by atoms with E-state index in [0.29, 0.717) is 37.6 Å². The normalized spacial score (nSPS) is 14.2. The van der Waals surface area contributed by atoms with Crippen molar-refractivity contribution in [3.8, 4) is 0 Å². The first-order chi connectivity index (χ1) is 14.4. The number of carbonyl (C=O) groups is 1. The highest BCUT2D eigenvalue weighted by atomic mass is 32.2. The molecule has 2 heterocycles. The number of anilines is 1. The first kappa shape index (κ1) is 22.1. The summed E-state index contributed by atoms with van der Waals surface area (Å²) in [5.74, 6) is 0.440. The highest BCUT2D eigenvalue weighted by Gasteiger charge is 2.25. The second-order valence-electron chi connectivity index (χ2n) is 7.47. The summed E-state index contributed by atoms with van der Waals surface area (Å²) in [7, 11) is 0. The molecule has 8 nitrogen and oxygen atoms in total. The van der Waals surface area contributed by atoms with E-state index in [1.165, 1.54) is 17.8 Å². The molecule has 2 aromatic rings. The molecule has 0 radical (unpaired) electrons. The molecule has 1 saturated heterocycles.